The number of nitrogen functional groups attached to an aromatic ring is 1. The highest BCUT2D eigenvalue weighted by atomic mass is 19.1. The lowest BCUT2D eigenvalue weighted by Gasteiger charge is -2.62. The Balaban J connectivity index is 1.21. The number of quaternary nitrogens is 1. The van der Waals surface area contributed by atoms with Crippen LogP contribution in [0.3, 0.4) is 0 Å². The molecule has 0 amide bonds. The zero-order valence-electron chi connectivity index (χ0n) is 29.9. The maximum Gasteiger partial charge on any atom is 0.362 e. The van der Waals surface area contributed by atoms with Crippen LogP contribution < -0.4 is 5.73 Å². The van der Waals surface area contributed by atoms with E-state index >= 15 is 4.39 Å². The van der Waals surface area contributed by atoms with Gasteiger partial charge in [0, 0.05) is 52.5 Å². The first-order valence-electron chi connectivity index (χ1n) is 17.7. The van der Waals surface area contributed by atoms with Crippen molar-refractivity contribution in [3.05, 3.63) is 77.2 Å². The van der Waals surface area contributed by atoms with Crippen LogP contribution in [-0.4, -0.2) is 94.6 Å². The van der Waals surface area contributed by atoms with Crippen molar-refractivity contribution < 1.29 is 47.7 Å². The lowest BCUT2D eigenvalue weighted by atomic mass is 9.44. The molecule has 7 rings (SSSR count). The van der Waals surface area contributed by atoms with Crippen molar-refractivity contribution >= 4 is 23.2 Å². The predicted molar refractivity (Wildman–Crippen MR) is 184 cm³/mol. The van der Waals surface area contributed by atoms with E-state index in [-0.39, 0.29) is 25.4 Å². The summed E-state index contributed by atoms with van der Waals surface area (Å²) in [6, 6.07) is 7.36. The zero-order valence-corrected chi connectivity index (χ0v) is 29.9. The van der Waals surface area contributed by atoms with Crippen molar-refractivity contribution in [3.63, 3.8) is 0 Å². The number of nitrogens with zero attached hydrogens (tertiary/aromatic N) is 2. The first-order chi connectivity index (χ1) is 23.9. The first-order valence-corrected chi connectivity index (χ1v) is 17.7. The maximum atomic E-state index is 17.9. The highest BCUT2D eigenvalue weighted by Gasteiger charge is 2.79. The van der Waals surface area contributed by atoms with E-state index in [0.717, 1.165) is 5.56 Å². The summed E-state index contributed by atoms with van der Waals surface area (Å²) in [5, 5.41) is 21.4. The fourth-order valence-corrected chi connectivity index (χ4v) is 10.1. The van der Waals surface area contributed by atoms with E-state index in [0.29, 0.717) is 52.7 Å². The Bertz CT molecular complexity index is 1830. The molecule has 4 fully saturated rings. The molecule has 9 atom stereocenters. The maximum absolute atomic E-state index is 17.9. The molecular formula is C39H49FN3O8+. The number of Topliss-reactive ketones (excluding diaryl/α,β-unsaturated/α-hetero) is 1. The van der Waals surface area contributed by atoms with Gasteiger partial charge in [-0.25, -0.2) is 9.18 Å². The average Bonchev–Trinajstić information content (AvgIpc) is 3.73. The molecule has 12 heteroatoms. The number of allylic oxidation sites excluding steroid dienone is 4. The SMILES string of the molecule is C[C@]12C=CC(=O)C=C1CC[C@H]1[C@@H]3C[C@H]4O[C@@H](c5ccn(Cc6ccc(CO)c(N)c6)c5)O[C@@]4(C(=O)COC(=O)C[N+](C)(C)C)[C@@]3(C)C[C@H](O)[C@@]12F. The van der Waals surface area contributed by atoms with Crippen LogP contribution in [-0.2, 0) is 41.7 Å². The van der Waals surface area contributed by atoms with Crippen molar-refractivity contribution in [1.29, 1.82) is 0 Å². The van der Waals surface area contributed by atoms with Crippen molar-refractivity contribution in [2.45, 2.75) is 82.5 Å². The number of rotatable bonds is 9. The number of benzene rings is 1. The monoisotopic (exact) mass is 706 g/mol. The van der Waals surface area contributed by atoms with E-state index < -0.39 is 70.8 Å². The third kappa shape index (κ3) is 5.44. The Morgan fingerprint density at radius 2 is 1.94 bits per heavy atom. The first kappa shape index (κ1) is 35.7. The number of halogens is 1. The smallest absolute Gasteiger partial charge is 0.362 e. The fraction of sp³-hybridized carbons (Fsp3) is 0.564. The van der Waals surface area contributed by atoms with E-state index in [4.69, 9.17) is 19.9 Å². The molecule has 1 aromatic carbocycles. The number of hydrogen-bond donors (Lipinski definition) is 3. The van der Waals surface area contributed by atoms with Crippen LogP contribution in [0.15, 0.2) is 60.5 Å². The second kappa shape index (κ2) is 12.2. The summed E-state index contributed by atoms with van der Waals surface area (Å²) < 4.78 is 39.1. The largest absolute Gasteiger partial charge is 0.453 e. The van der Waals surface area contributed by atoms with Gasteiger partial charge in [-0.1, -0.05) is 30.7 Å². The van der Waals surface area contributed by atoms with Crippen LogP contribution in [0.2, 0.25) is 0 Å². The van der Waals surface area contributed by atoms with Crippen molar-refractivity contribution in [1.82, 2.24) is 4.57 Å². The van der Waals surface area contributed by atoms with Crippen LogP contribution in [0.1, 0.15) is 62.5 Å². The molecule has 1 aliphatic heterocycles. The summed E-state index contributed by atoms with van der Waals surface area (Å²) in [6.07, 6.45) is 6.12. The molecule has 274 valence electrons. The van der Waals surface area contributed by atoms with Gasteiger partial charge in [0.15, 0.2) is 36.5 Å². The number of nitrogens with two attached hydrogens (primary N) is 1. The van der Waals surface area contributed by atoms with Crippen LogP contribution in [0.4, 0.5) is 10.1 Å². The van der Waals surface area contributed by atoms with Gasteiger partial charge in [-0.3, -0.25) is 9.59 Å². The summed E-state index contributed by atoms with van der Waals surface area (Å²) >= 11 is 0. The number of alkyl halides is 1. The van der Waals surface area contributed by atoms with Crippen molar-refractivity contribution in [3.8, 4) is 0 Å². The van der Waals surface area contributed by atoms with Crippen LogP contribution in [0.25, 0.3) is 0 Å². The summed E-state index contributed by atoms with van der Waals surface area (Å²) in [5.74, 6) is -2.26. The molecule has 2 heterocycles. The molecule has 51 heavy (non-hydrogen) atoms. The predicted octanol–water partition coefficient (Wildman–Crippen LogP) is 3.56. The number of aliphatic hydroxyl groups excluding tert-OH is 2. The molecule has 3 saturated carbocycles. The van der Waals surface area contributed by atoms with E-state index in [1.807, 2.05) is 63.2 Å². The number of carbonyl (C=O) groups is 3. The molecule has 2 aromatic rings. The van der Waals surface area contributed by atoms with Gasteiger partial charge in [-0.05, 0) is 68.4 Å². The Labute approximate surface area is 297 Å². The molecule has 4 N–H and O–H groups in total. The number of ether oxygens (including phenoxy) is 3. The molecule has 1 saturated heterocycles. The number of carbonyl (C=O) groups excluding carboxylic acids is 3. The summed E-state index contributed by atoms with van der Waals surface area (Å²) in [7, 11) is 5.54. The van der Waals surface area contributed by atoms with Gasteiger partial charge in [0.1, 0.15) is 0 Å². The molecule has 4 aliphatic carbocycles. The van der Waals surface area contributed by atoms with Gasteiger partial charge >= 0.3 is 5.97 Å². The number of likely N-dealkylation sites (N-methyl/N-ethyl adjacent to an activating group) is 1. The number of aromatic nitrogens is 1. The minimum Gasteiger partial charge on any atom is -0.453 e. The number of hydrogen-bond acceptors (Lipinski definition) is 9. The summed E-state index contributed by atoms with van der Waals surface area (Å²) in [6.45, 7) is 3.49. The van der Waals surface area contributed by atoms with Crippen LogP contribution in [0, 0.1) is 22.7 Å². The average molecular weight is 707 g/mol. The normalized spacial score (nSPS) is 36.9. The number of esters is 1. The highest BCUT2D eigenvalue weighted by Crippen LogP contribution is 2.72. The van der Waals surface area contributed by atoms with Crippen molar-refractivity contribution in [2.75, 3.05) is 40.0 Å². The second-order valence-corrected chi connectivity index (χ2v) is 16.7. The molecule has 1 aromatic heterocycles. The molecule has 0 radical (unpaired) electrons. The van der Waals surface area contributed by atoms with Gasteiger partial charge in [0.2, 0.25) is 5.78 Å². The third-order valence-electron chi connectivity index (χ3n) is 12.6. The molecule has 5 aliphatic rings. The number of fused-ring (bicyclic) bond motifs is 7. The van der Waals surface area contributed by atoms with Gasteiger partial charge < -0.3 is 39.2 Å². The lowest BCUT2D eigenvalue weighted by molar-refractivity contribution is -0.862. The quantitative estimate of drug-likeness (QED) is 0.202. The van der Waals surface area contributed by atoms with E-state index in [1.54, 1.807) is 19.1 Å². The fourth-order valence-electron chi connectivity index (χ4n) is 10.1. The summed E-state index contributed by atoms with van der Waals surface area (Å²) in [4.78, 5) is 39.7. The van der Waals surface area contributed by atoms with Crippen LogP contribution in [0.5, 0.6) is 0 Å². The standard InChI is InChI=1S/C39H49FN3O8/c1-36-12-10-27(45)15-26(36)8-9-28-29-16-33-39(37(29,2)17-31(46)38(28,36)40,32(47)22-49-34(48)20-43(3,4)5)51-35(50-33)24-11-13-42(19-24)18-23-6-7-25(21-44)30(41)14-23/h6-7,10-15,19,28-29,31,33,35,44,46H,8-9,16-18,20-22,41H2,1-5H3/q+1/t28-,29-,31-,33+,35+,36-,37-,38-,39+/m0/s1. The molecule has 11 nitrogen and oxygen atoms in total. The minimum atomic E-state index is -2.09. The Hall–Kier alpha value is -3.68. The molecule has 0 bridgehead atoms. The Morgan fingerprint density at radius 1 is 1.18 bits per heavy atom. The van der Waals surface area contributed by atoms with Gasteiger partial charge in [0.25, 0.3) is 0 Å². The lowest BCUT2D eigenvalue weighted by Crippen LogP contribution is -2.69. The van der Waals surface area contributed by atoms with Gasteiger partial charge in [-0.2, -0.15) is 0 Å². The second-order valence-electron chi connectivity index (χ2n) is 16.7. The molecular weight excluding hydrogens is 657 g/mol. The molecule has 0 spiro atoms. The third-order valence-corrected chi connectivity index (χ3v) is 12.6. The van der Waals surface area contributed by atoms with Crippen molar-refractivity contribution in [2.24, 2.45) is 22.7 Å². The van der Waals surface area contributed by atoms with E-state index in [1.165, 1.54) is 12.2 Å². The number of anilines is 1. The zero-order chi connectivity index (χ0) is 36.7. The highest BCUT2D eigenvalue weighted by molar-refractivity contribution is 6.01. The Morgan fingerprint density at radius 3 is 2.65 bits per heavy atom. The number of aliphatic hydroxyl groups is 2. The van der Waals surface area contributed by atoms with E-state index in [2.05, 4.69) is 0 Å². The van der Waals surface area contributed by atoms with Gasteiger partial charge in [-0.15, -0.1) is 0 Å². The molecule has 0 unspecified atom stereocenters. The Kier molecular flexibility index (Phi) is 8.54. The van der Waals surface area contributed by atoms with Crippen LogP contribution >= 0.6 is 0 Å². The number of ketones is 2. The van der Waals surface area contributed by atoms with E-state index in [9.17, 15) is 24.6 Å². The van der Waals surface area contributed by atoms with Gasteiger partial charge in [0.05, 0.1) is 40.0 Å². The minimum absolute atomic E-state index is 0.0566. The topological polar surface area (TPSA) is 150 Å². The summed E-state index contributed by atoms with van der Waals surface area (Å²) in [5.41, 5.74) is 3.55.